The fourth-order valence-corrected chi connectivity index (χ4v) is 3.41. The molecule has 0 atom stereocenters. The minimum absolute atomic E-state index is 0.0573. The van der Waals surface area contributed by atoms with Gasteiger partial charge in [-0.3, -0.25) is 4.98 Å². The molecule has 0 amide bonds. The van der Waals surface area contributed by atoms with Gasteiger partial charge in [0.15, 0.2) is 0 Å². The van der Waals surface area contributed by atoms with Gasteiger partial charge in [0, 0.05) is 23.0 Å². The molecule has 2 aromatic heterocycles. The third-order valence-electron chi connectivity index (χ3n) is 3.25. The highest BCUT2D eigenvalue weighted by Crippen LogP contribution is 2.33. The van der Waals surface area contributed by atoms with Gasteiger partial charge in [0.2, 0.25) is 0 Å². The van der Waals surface area contributed by atoms with Crippen LogP contribution in [0.5, 0.6) is 0 Å². The quantitative estimate of drug-likeness (QED) is 0.836. The fraction of sp³-hybridized carbons (Fsp3) is 0.529. The van der Waals surface area contributed by atoms with Crippen LogP contribution in [-0.4, -0.2) is 16.5 Å². The molecular weight excluding hydrogens is 278 g/mol. The summed E-state index contributed by atoms with van der Waals surface area (Å²) in [6.45, 7) is 12.9. The molecule has 0 fully saturated rings. The van der Waals surface area contributed by atoms with Crippen molar-refractivity contribution >= 4 is 11.3 Å². The number of pyridine rings is 1. The summed E-state index contributed by atoms with van der Waals surface area (Å²) in [5.41, 5.74) is 3.45. The van der Waals surface area contributed by atoms with Gasteiger partial charge in [-0.2, -0.15) is 0 Å². The number of aryl methyl sites for hydroxylation is 1. The highest BCUT2D eigenvalue weighted by Gasteiger charge is 2.23. The Morgan fingerprint density at radius 3 is 2.67 bits per heavy atom. The third-order valence-corrected chi connectivity index (χ3v) is 4.33. The van der Waals surface area contributed by atoms with Crippen molar-refractivity contribution in [1.82, 2.24) is 15.3 Å². The minimum atomic E-state index is 0.0573. The van der Waals surface area contributed by atoms with E-state index in [0.717, 1.165) is 30.2 Å². The standard InChI is InChI=1S/C17H25N3S/c1-6-8-18-11-14-15(17(3,4)5)20-16(21-14)13-10-12(2)7-9-19-13/h7,9-10,18H,6,8,11H2,1-5H3. The maximum atomic E-state index is 4.89. The Kier molecular flexibility index (Phi) is 5.12. The molecule has 0 bridgehead atoms. The molecule has 21 heavy (non-hydrogen) atoms. The molecule has 0 aromatic carbocycles. The largest absolute Gasteiger partial charge is 0.312 e. The average molecular weight is 303 g/mol. The van der Waals surface area contributed by atoms with E-state index in [4.69, 9.17) is 4.98 Å². The number of hydrogen-bond acceptors (Lipinski definition) is 4. The van der Waals surface area contributed by atoms with Gasteiger partial charge in [-0.1, -0.05) is 27.7 Å². The van der Waals surface area contributed by atoms with Crippen LogP contribution in [-0.2, 0) is 12.0 Å². The maximum Gasteiger partial charge on any atom is 0.142 e. The zero-order chi connectivity index (χ0) is 15.5. The Morgan fingerprint density at radius 2 is 2.05 bits per heavy atom. The lowest BCUT2D eigenvalue weighted by Gasteiger charge is -2.17. The normalized spacial score (nSPS) is 11.9. The molecule has 0 aliphatic rings. The molecule has 3 nitrogen and oxygen atoms in total. The van der Waals surface area contributed by atoms with Crippen LogP contribution >= 0.6 is 11.3 Å². The van der Waals surface area contributed by atoms with Gasteiger partial charge < -0.3 is 5.32 Å². The lowest BCUT2D eigenvalue weighted by Crippen LogP contribution is -2.19. The molecule has 0 spiro atoms. The minimum Gasteiger partial charge on any atom is -0.312 e. The Labute approximate surface area is 131 Å². The highest BCUT2D eigenvalue weighted by molar-refractivity contribution is 7.15. The van der Waals surface area contributed by atoms with E-state index in [1.165, 1.54) is 16.1 Å². The summed E-state index contributed by atoms with van der Waals surface area (Å²) in [5, 5.41) is 4.51. The molecule has 0 saturated heterocycles. The molecule has 4 heteroatoms. The van der Waals surface area contributed by atoms with Gasteiger partial charge in [0.25, 0.3) is 0 Å². The molecule has 114 valence electrons. The monoisotopic (exact) mass is 303 g/mol. The van der Waals surface area contributed by atoms with E-state index < -0.39 is 0 Å². The van der Waals surface area contributed by atoms with E-state index >= 15 is 0 Å². The van der Waals surface area contributed by atoms with E-state index in [0.29, 0.717) is 0 Å². The van der Waals surface area contributed by atoms with Gasteiger partial charge in [-0.25, -0.2) is 4.98 Å². The first-order valence-corrected chi connectivity index (χ1v) is 8.37. The van der Waals surface area contributed by atoms with Crippen LogP contribution in [0.1, 0.15) is 50.3 Å². The van der Waals surface area contributed by atoms with Gasteiger partial charge in [-0.05, 0) is 37.6 Å². The fourth-order valence-electron chi connectivity index (χ4n) is 2.20. The molecule has 2 rings (SSSR count). The third kappa shape index (κ3) is 4.11. The van der Waals surface area contributed by atoms with Crippen molar-refractivity contribution in [2.45, 2.75) is 53.0 Å². The predicted molar refractivity (Wildman–Crippen MR) is 90.8 cm³/mol. The number of nitrogens with one attached hydrogen (secondary N) is 1. The summed E-state index contributed by atoms with van der Waals surface area (Å²) in [4.78, 5) is 10.7. The number of aromatic nitrogens is 2. The van der Waals surface area contributed by atoms with Gasteiger partial charge in [0.1, 0.15) is 5.01 Å². The van der Waals surface area contributed by atoms with Crippen LogP contribution in [0.25, 0.3) is 10.7 Å². The summed E-state index contributed by atoms with van der Waals surface area (Å²) in [5.74, 6) is 0. The smallest absolute Gasteiger partial charge is 0.142 e. The predicted octanol–water partition coefficient (Wildman–Crippen LogP) is 4.31. The van der Waals surface area contributed by atoms with Crippen LogP contribution in [0.2, 0.25) is 0 Å². The first-order valence-electron chi connectivity index (χ1n) is 7.55. The summed E-state index contributed by atoms with van der Waals surface area (Å²) >= 11 is 1.76. The lowest BCUT2D eigenvalue weighted by atomic mass is 9.91. The van der Waals surface area contributed by atoms with Crippen molar-refractivity contribution < 1.29 is 0 Å². The second-order valence-electron chi connectivity index (χ2n) is 6.44. The van der Waals surface area contributed by atoms with Crippen LogP contribution < -0.4 is 5.32 Å². The van der Waals surface area contributed by atoms with Gasteiger partial charge in [0.05, 0.1) is 11.4 Å². The van der Waals surface area contributed by atoms with Crippen LogP contribution in [0.4, 0.5) is 0 Å². The highest BCUT2D eigenvalue weighted by atomic mass is 32.1. The Hall–Kier alpha value is -1.26. The molecule has 0 radical (unpaired) electrons. The summed E-state index contributed by atoms with van der Waals surface area (Å²) < 4.78 is 0. The second-order valence-corrected chi connectivity index (χ2v) is 7.52. The second kappa shape index (κ2) is 6.67. The summed E-state index contributed by atoms with van der Waals surface area (Å²) in [6.07, 6.45) is 3.01. The van der Waals surface area contributed by atoms with Crippen LogP contribution in [0.3, 0.4) is 0 Å². The summed E-state index contributed by atoms with van der Waals surface area (Å²) in [6, 6.07) is 4.13. The van der Waals surface area contributed by atoms with Crippen molar-refractivity contribution in [3.63, 3.8) is 0 Å². The lowest BCUT2D eigenvalue weighted by molar-refractivity contribution is 0.559. The van der Waals surface area contributed by atoms with E-state index in [1.807, 2.05) is 12.3 Å². The van der Waals surface area contributed by atoms with E-state index in [1.54, 1.807) is 11.3 Å². The topological polar surface area (TPSA) is 37.8 Å². The zero-order valence-corrected chi connectivity index (χ0v) is 14.5. The molecule has 0 aliphatic heterocycles. The zero-order valence-electron chi connectivity index (χ0n) is 13.7. The van der Waals surface area contributed by atoms with E-state index in [-0.39, 0.29) is 5.41 Å². The SMILES string of the molecule is CCCNCc1sc(-c2cc(C)ccn2)nc1C(C)(C)C. The number of thiazole rings is 1. The molecule has 2 heterocycles. The van der Waals surface area contributed by atoms with Crippen molar-refractivity contribution in [3.05, 3.63) is 34.5 Å². The molecule has 0 unspecified atom stereocenters. The number of nitrogens with zero attached hydrogens (tertiary/aromatic N) is 2. The van der Waals surface area contributed by atoms with Gasteiger partial charge in [-0.15, -0.1) is 11.3 Å². The molecular formula is C17H25N3S. The summed E-state index contributed by atoms with van der Waals surface area (Å²) in [7, 11) is 0. The Balaban J connectivity index is 2.36. The average Bonchev–Trinajstić information content (AvgIpc) is 2.83. The Bertz CT molecular complexity index is 596. The molecule has 0 aliphatic carbocycles. The van der Waals surface area contributed by atoms with Gasteiger partial charge >= 0.3 is 0 Å². The van der Waals surface area contributed by atoms with E-state index in [9.17, 15) is 0 Å². The van der Waals surface area contributed by atoms with Crippen LogP contribution in [0, 0.1) is 6.92 Å². The van der Waals surface area contributed by atoms with Crippen LogP contribution in [0.15, 0.2) is 18.3 Å². The van der Waals surface area contributed by atoms with Crippen molar-refractivity contribution in [1.29, 1.82) is 0 Å². The molecule has 0 saturated carbocycles. The van der Waals surface area contributed by atoms with Crippen molar-refractivity contribution in [3.8, 4) is 10.7 Å². The van der Waals surface area contributed by atoms with Crippen molar-refractivity contribution in [2.24, 2.45) is 0 Å². The molecule has 2 aromatic rings. The first kappa shape index (κ1) is 16.1. The number of rotatable bonds is 5. The van der Waals surface area contributed by atoms with E-state index in [2.05, 4.69) is 51.0 Å². The first-order chi connectivity index (χ1) is 9.91. The number of hydrogen-bond donors (Lipinski definition) is 1. The van der Waals surface area contributed by atoms with Crippen molar-refractivity contribution in [2.75, 3.05) is 6.54 Å². The maximum absolute atomic E-state index is 4.89. The molecule has 1 N–H and O–H groups in total. The Morgan fingerprint density at radius 1 is 1.29 bits per heavy atom.